The van der Waals surface area contributed by atoms with E-state index in [4.69, 9.17) is 0 Å². The van der Waals surface area contributed by atoms with Gasteiger partial charge in [-0.3, -0.25) is 0 Å². The minimum absolute atomic E-state index is 0.353. The molecule has 226 valence electrons. The molecule has 2 unspecified atom stereocenters. The normalized spacial score (nSPS) is 22.1. The van der Waals surface area contributed by atoms with E-state index in [1.54, 1.807) is 0 Å². The third kappa shape index (κ3) is 7.07. The third-order valence-electron chi connectivity index (χ3n) is 10.6. The van der Waals surface area contributed by atoms with Crippen LogP contribution >= 0.6 is 0 Å². The zero-order valence-electron chi connectivity index (χ0n) is 26.7. The minimum Gasteiger partial charge on any atom is -0.508 e. The first-order valence-electron chi connectivity index (χ1n) is 17.1. The summed E-state index contributed by atoms with van der Waals surface area (Å²) in [6.45, 7) is 8.92. The highest BCUT2D eigenvalue weighted by Crippen LogP contribution is 2.42. The van der Waals surface area contributed by atoms with Gasteiger partial charge in [0.25, 0.3) is 0 Å². The molecule has 2 N–H and O–H groups in total. The van der Waals surface area contributed by atoms with Crippen LogP contribution in [0.5, 0.6) is 11.5 Å². The van der Waals surface area contributed by atoms with Gasteiger partial charge in [0.1, 0.15) is 11.5 Å². The fourth-order valence-electron chi connectivity index (χ4n) is 8.13. The van der Waals surface area contributed by atoms with Crippen molar-refractivity contribution in [2.24, 2.45) is 0 Å². The Morgan fingerprint density at radius 3 is 1.64 bits per heavy atom. The first-order chi connectivity index (χ1) is 20.4. The Balaban J connectivity index is 1.38. The maximum atomic E-state index is 10.9. The zero-order valence-corrected chi connectivity index (χ0v) is 26.7. The number of aryl methyl sites for hydroxylation is 2. The number of phenolic OH excluding ortho intramolecular Hbond substituents is 2. The van der Waals surface area contributed by atoms with Crippen LogP contribution in [0.1, 0.15) is 161 Å². The van der Waals surface area contributed by atoms with Gasteiger partial charge < -0.3 is 10.2 Å². The SMILES string of the molecule is CCC(C=C1C=CCC(=CC(CC)c2cc(C3CCCCC3)c(O)cc2C)C1)c1cc(C2CCCCC2)c(O)cc1C. The van der Waals surface area contributed by atoms with Gasteiger partial charge in [-0.2, -0.15) is 0 Å². The summed E-state index contributed by atoms with van der Waals surface area (Å²) in [5.74, 6) is 2.72. The smallest absolute Gasteiger partial charge is 0.119 e. The molecule has 0 heterocycles. The van der Waals surface area contributed by atoms with Gasteiger partial charge in [-0.1, -0.05) is 94.4 Å². The second-order valence-corrected chi connectivity index (χ2v) is 13.6. The van der Waals surface area contributed by atoms with Crippen molar-refractivity contribution in [1.29, 1.82) is 0 Å². The molecule has 3 aliphatic rings. The molecule has 0 aromatic heterocycles. The largest absolute Gasteiger partial charge is 0.508 e. The molecule has 42 heavy (non-hydrogen) atoms. The fraction of sp³-hybridized carbons (Fsp3) is 0.550. The molecular formula is C40H54O2. The summed E-state index contributed by atoms with van der Waals surface area (Å²) >= 11 is 0. The van der Waals surface area contributed by atoms with E-state index in [1.807, 2.05) is 12.1 Å². The van der Waals surface area contributed by atoms with E-state index in [0.717, 1.165) is 25.7 Å². The number of hydrogen-bond acceptors (Lipinski definition) is 2. The number of hydrogen-bond donors (Lipinski definition) is 2. The maximum Gasteiger partial charge on any atom is 0.119 e. The molecule has 0 amide bonds. The fourth-order valence-corrected chi connectivity index (χ4v) is 8.13. The van der Waals surface area contributed by atoms with Gasteiger partial charge in [-0.05, 0) is 128 Å². The Hall–Kier alpha value is -2.74. The highest BCUT2D eigenvalue weighted by atomic mass is 16.3. The number of allylic oxidation sites excluding steroid dienone is 6. The molecule has 0 bridgehead atoms. The molecule has 2 aromatic carbocycles. The average molecular weight is 567 g/mol. The molecule has 2 atom stereocenters. The standard InChI is InChI=1S/C40H54O2/c1-5-31(35-25-37(39(41)20-27(35)3)33-16-9-7-10-17-33)23-29-14-13-15-30(22-29)24-32(6-2)36-26-38(40(42)21-28(36)4)34-18-11-8-12-19-34/h13-14,20-21,23-26,31-34,41-42H,5-12,15-19,22H2,1-4H3. The molecule has 2 fully saturated rings. The molecule has 0 radical (unpaired) electrons. The van der Waals surface area contributed by atoms with Gasteiger partial charge >= 0.3 is 0 Å². The molecule has 3 aliphatic carbocycles. The van der Waals surface area contributed by atoms with E-state index in [1.165, 1.54) is 109 Å². The Morgan fingerprint density at radius 1 is 0.690 bits per heavy atom. The Bertz CT molecular complexity index is 1310. The number of benzene rings is 2. The van der Waals surface area contributed by atoms with Crippen molar-refractivity contribution in [2.75, 3.05) is 0 Å². The lowest BCUT2D eigenvalue weighted by atomic mass is 9.79. The Labute approximate surface area is 255 Å². The monoisotopic (exact) mass is 566 g/mol. The summed E-state index contributed by atoms with van der Waals surface area (Å²) < 4.78 is 0. The molecule has 2 saturated carbocycles. The topological polar surface area (TPSA) is 40.5 Å². The molecular weight excluding hydrogens is 512 g/mol. The molecule has 0 saturated heterocycles. The Morgan fingerprint density at radius 2 is 1.17 bits per heavy atom. The molecule has 2 heteroatoms. The highest BCUT2D eigenvalue weighted by molar-refractivity contribution is 5.48. The maximum absolute atomic E-state index is 10.9. The third-order valence-corrected chi connectivity index (χ3v) is 10.6. The first-order valence-corrected chi connectivity index (χ1v) is 17.1. The van der Waals surface area contributed by atoms with E-state index < -0.39 is 0 Å². The predicted octanol–water partition coefficient (Wildman–Crippen LogP) is 11.7. The van der Waals surface area contributed by atoms with Crippen LogP contribution in [0.4, 0.5) is 0 Å². The highest BCUT2D eigenvalue weighted by Gasteiger charge is 2.24. The van der Waals surface area contributed by atoms with Crippen molar-refractivity contribution < 1.29 is 10.2 Å². The van der Waals surface area contributed by atoms with E-state index >= 15 is 0 Å². The van der Waals surface area contributed by atoms with Crippen LogP contribution in [0, 0.1) is 13.8 Å². The number of aromatic hydroxyl groups is 2. The van der Waals surface area contributed by atoms with E-state index in [2.05, 4.69) is 64.1 Å². The van der Waals surface area contributed by atoms with Crippen molar-refractivity contribution in [2.45, 2.75) is 141 Å². The van der Waals surface area contributed by atoms with E-state index in [-0.39, 0.29) is 0 Å². The van der Waals surface area contributed by atoms with Crippen LogP contribution < -0.4 is 0 Å². The molecule has 0 aliphatic heterocycles. The van der Waals surface area contributed by atoms with E-state index in [0.29, 0.717) is 35.2 Å². The summed E-state index contributed by atoms with van der Waals surface area (Å²) in [6.07, 6.45) is 26.4. The van der Waals surface area contributed by atoms with Crippen molar-refractivity contribution in [3.05, 3.63) is 93.1 Å². The summed E-state index contributed by atoms with van der Waals surface area (Å²) in [5.41, 5.74) is 10.5. The summed E-state index contributed by atoms with van der Waals surface area (Å²) in [7, 11) is 0. The van der Waals surface area contributed by atoms with Gasteiger partial charge in [0.05, 0.1) is 0 Å². The minimum atomic E-state index is 0.353. The molecule has 0 spiro atoms. The summed E-state index contributed by atoms with van der Waals surface area (Å²) in [6, 6.07) is 8.75. The van der Waals surface area contributed by atoms with Crippen LogP contribution in [-0.4, -0.2) is 10.2 Å². The zero-order chi connectivity index (χ0) is 29.6. The van der Waals surface area contributed by atoms with Crippen molar-refractivity contribution in [3.8, 4) is 11.5 Å². The average Bonchev–Trinajstić information content (AvgIpc) is 3.00. The van der Waals surface area contributed by atoms with Crippen molar-refractivity contribution >= 4 is 0 Å². The van der Waals surface area contributed by atoms with E-state index in [9.17, 15) is 10.2 Å². The van der Waals surface area contributed by atoms with Gasteiger partial charge in [-0.25, -0.2) is 0 Å². The van der Waals surface area contributed by atoms with Gasteiger partial charge in [0, 0.05) is 11.8 Å². The van der Waals surface area contributed by atoms with Crippen molar-refractivity contribution in [1.82, 2.24) is 0 Å². The van der Waals surface area contributed by atoms with Gasteiger partial charge in [0.2, 0.25) is 0 Å². The number of phenols is 2. The Kier molecular flexibility index (Phi) is 10.3. The van der Waals surface area contributed by atoms with Crippen LogP contribution in [0.2, 0.25) is 0 Å². The lowest BCUT2D eigenvalue weighted by Gasteiger charge is -2.26. The summed E-state index contributed by atoms with van der Waals surface area (Å²) in [5, 5.41) is 21.7. The second-order valence-electron chi connectivity index (χ2n) is 13.6. The van der Waals surface area contributed by atoms with Crippen LogP contribution in [-0.2, 0) is 0 Å². The first kappa shape index (κ1) is 30.7. The van der Waals surface area contributed by atoms with Crippen LogP contribution in [0.25, 0.3) is 0 Å². The quantitative estimate of drug-likeness (QED) is 0.312. The summed E-state index contributed by atoms with van der Waals surface area (Å²) in [4.78, 5) is 0. The lowest BCUT2D eigenvalue weighted by Crippen LogP contribution is -2.08. The van der Waals surface area contributed by atoms with Gasteiger partial charge in [-0.15, -0.1) is 0 Å². The lowest BCUT2D eigenvalue weighted by molar-refractivity contribution is 0.413. The van der Waals surface area contributed by atoms with Gasteiger partial charge in [0.15, 0.2) is 0 Å². The molecule has 2 nitrogen and oxygen atoms in total. The molecule has 2 aromatic rings. The second kappa shape index (κ2) is 14.2. The number of rotatable bonds is 8. The van der Waals surface area contributed by atoms with Crippen molar-refractivity contribution in [3.63, 3.8) is 0 Å². The molecule has 5 rings (SSSR count). The van der Waals surface area contributed by atoms with Crippen LogP contribution in [0.3, 0.4) is 0 Å². The van der Waals surface area contributed by atoms with Crippen LogP contribution in [0.15, 0.2) is 59.7 Å². The predicted molar refractivity (Wildman–Crippen MR) is 178 cm³/mol.